The van der Waals surface area contributed by atoms with Crippen molar-refractivity contribution in [2.24, 2.45) is 0 Å². The summed E-state index contributed by atoms with van der Waals surface area (Å²) in [6.07, 6.45) is 0.759. The lowest BCUT2D eigenvalue weighted by atomic mass is 10.1. The molecule has 1 aromatic rings. The van der Waals surface area contributed by atoms with Crippen LogP contribution in [0, 0.1) is 6.92 Å². The van der Waals surface area contributed by atoms with Crippen molar-refractivity contribution in [1.29, 1.82) is 0 Å². The van der Waals surface area contributed by atoms with Crippen LogP contribution in [0.15, 0.2) is 18.3 Å². The van der Waals surface area contributed by atoms with Crippen molar-refractivity contribution < 1.29 is 19.8 Å². The summed E-state index contributed by atoms with van der Waals surface area (Å²) in [5, 5.41) is 18.5. The number of nitrogens with zero attached hydrogens (tertiary/aromatic N) is 2. The first kappa shape index (κ1) is 12.5. The average Bonchev–Trinajstić information content (AvgIpc) is 2.71. The first-order valence-corrected chi connectivity index (χ1v) is 5.64. The van der Waals surface area contributed by atoms with Gasteiger partial charge in [-0.3, -0.25) is 9.78 Å². The molecule has 0 radical (unpaired) electrons. The van der Waals surface area contributed by atoms with Gasteiger partial charge in [0.25, 0.3) is 5.91 Å². The number of carboxylic acids is 1. The Morgan fingerprint density at radius 2 is 2.22 bits per heavy atom. The van der Waals surface area contributed by atoms with Crippen molar-refractivity contribution in [3.63, 3.8) is 0 Å². The number of pyridine rings is 1. The second-order valence-electron chi connectivity index (χ2n) is 4.37. The van der Waals surface area contributed by atoms with E-state index < -0.39 is 24.0 Å². The van der Waals surface area contributed by atoms with Gasteiger partial charge in [-0.25, -0.2) is 4.79 Å². The topological polar surface area (TPSA) is 90.7 Å². The number of aromatic nitrogens is 1. The van der Waals surface area contributed by atoms with Gasteiger partial charge in [0.15, 0.2) is 0 Å². The fourth-order valence-electron chi connectivity index (χ4n) is 2.12. The van der Waals surface area contributed by atoms with E-state index >= 15 is 0 Å². The molecule has 2 N–H and O–H groups in total. The number of carboxylic acid groups (broad SMARTS) is 1. The van der Waals surface area contributed by atoms with Crippen LogP contribution in [-0.4, -0.2) is 50.7 Å². The zero-order valence-corrected chi connectivity index (χ0v) is 9.91. The van der Waals surface area contributed by atoms with Crippen LogP contribution in [0.2, 0.25) is 0 Å². The minimum Gasteiger partial charge on any atom is -0.480 e. The highest BCUT2D eigenvalue weighted by Crippen LogP contribution is 2.21. The molecule has 2 atom stereocenters. The highest BCUT2D eigenvalue weighted by Gasteiger charge is 2.39. The minimum atomic E-state index is -1.10. The van der Waals surface area contributed by atoms with Crippen LogP contribution >= 0.6 is 0 Å². The molecule has 0 bridgehead atoms. The lowest BCUT2D eigenvalue weighted by Gasteiger charge is -2.21. The maximum atomic E-state index is 12.2. The summed E-state index contributed by atoms with van der Waals surface area (Å²) in [6.45, 7) is 1.77. The summed E-state index contributed by atoms with van der Waals surface area (Å²) in [6, 6.07) is 2.47. The number of likely N-dealkylation sites (tertiary alicyclic amines) is 1. The highest BCUT2D eigenvalue weighted by atomic mass is 16.4. The largest absolute Gasteiger partial charge is 0.480 e. The van der Waals surface area contributed by atoms with Crippen molar-refractivity contribution in [2.75, 3.05) is 6.54 Å². The second kappa shape index (κ2) is 4.73. The molecule has 0 aromatic carbocycles. The van der Waals surface area contributed by atoms with Crippen LogP contribution in [0.4, 0.5) is 0 Å². The predicted octanol–water partition coefficient (Wildman–Crippen LogP) is 0.0500. The third kappa shape index (κ3) is 2.19. The highest BCUT2D eigenvalue weighted by molar-refractivity contribution is 5.96. The van der Waals surface area contributed by atoms with Crippen LogP contribution < -0.4 is 0 Å². The lowest BCUT2D eigenvalue weighted by Crippen LogP contribution is -2.41. The molecule has 2 heterocycles. The lowest BCUT2D eigenvalue weighted by molar-refractivity contribution is -0.141. The molecule has 1 saturated heterocycles. The SMILES string of the molecule is Cc1cccnc1C(=O)N1C[C@H](O)C[C@H]1C(=O)O. The Morgan fingerprint density at radius 3 is 2.83 bits per heavy atom. The Bertz CT molecular complexity index is 489. The van der Waals surface area contributed by atoms with Crippen molar-refractivity contribution >= 4 is 11.9 Å². The van der Waals surface area contributed by atoms with E-state index in [2.05, 4.69) is 4.98 Å². The average molecular weight is 250 g/mol. The van der Waals surface area contributed by atoms with E-state index in [1.165, 1.54) is 11.1 Å². The van der Waals surface area contributed by atoms with Gasteiger partial charge in [0.1, 0.15) is 11.7 Å². The van der Waals surface area contributed by atoms with Crippen LogP contribution in [0.25, 0.3) is 0 Å². The number of aliphatic hydroxyl groups excluding tert-OH is 1. The van der Waals surface area contributed by atoms with E-state index in [4.69, 9.17) is 5.11 Å². The van der Waals surface area contributed by atoms with Gasteiger partial charge < -0.3 is 15.1 Å². The monoisotopic (exact) mass is 250 g/mol. The van der Waals surface area contributed by atoms with Crippen LogP contribution in [0.1, 0.15) is 22.5 Å². The minimum absolute atomic E-state index is 0.0335. The number of aryl methyl sites for hydroxylation is 1. The molecule has 6 heteroatoms. The molecule has 1 aromatic heterocycles. The van der Waals surface area contributed by atoms with Crippen LogP contribution in [0.3, 0.4) is 0 Å². The number of carbonyl (C=O) groups excluding carboxylic acids is 1. The smallest absolute Gasteiger partial charge is 0.326 e. The number of aliphatic hydroxyl groups is 1. The van der Waals surface area contributed by atoms with Gasteiger partial charge in [-0.05, 0) is 18.6 Å². The predicted molar refractivity (Wildman–Crippen MR) is 62.1 cm³/mol. The summed E-state index contributed by atoms with van der Waals surface area (Å²) in [5.74, 6) is -1.55. The maximum absolute atomic E-state index is 12.2. The number of amides is 1. The fraction of sp³-hybridized carbons (Fsp3) is 0.417. The van der Waals surface area contributed by atoms with Crippen LogP contribution in [-0.2, 0) is 4.79 Å². The number of hydrogen-bond donors (Lipinski definition) is 2. The van der Waals surface area contributed by atoms with Crippen molar-refractivity contribution in [2.45, 2.75) is 25.5 Å². The van der Waals surface area contributed by atoms with Gasteiger partial charge >= 0.3 is 5.97 Å². The molecule has 1 amide bonds. The van der Waals surface area contributed by atoms with Gasteiger partial charge in [-0.15, -0.1) is 0 Å². The summed E-state index contributed by atoms with van der Waals surface area (Å²) < 4.78 is 0. The summed E-state index contributed by atoms with van der Waals surface area (Å²) >= 11 is 0. The molecular formula is C12H14N2O4. The standard InChI is InChI=1S/C12H14N2O4/c1-7-3-2-4-13-10(7)11(16)14-6-8(15)5-9(14)12(17)18/h2-4,8-9,15H,5-6H2,1H3,(H,17,18)/t8-,9+/m1/s1. The molecule has 6 nitrogen and oxygen atoms in total. The van der Waals surface area contributed by atoms with Gasteiger partial charge in [0, 0.05) is 19.2 Å². The van der Waals surface area contributed by atoms with Gasteiger partial charge in [-0.1, -0.05) is 6.07 Å². The first-order valence-electron chi connectivity index (χ1n) is 5.64. The van der Waals surface area contributed by atoms with Gasteiger partial charge in [0.05, 0.1) is 6.10 Å². The number of rotatable bonds is 2. The molecule has 96 valence electrons. The maximum Gasteiger partial charge on any atom is 0.326 e. The Kier molecular flexibility index (Phi) is 3.29. The first-order chi connectivity index (χ1) is 8.50. The Hall–Kier alpha value is -1.95. The Balaban J connectivity index is 2.28. The van der Waals surface area contributed by atoms with Crippen LogP contribution in [0.5, 0.6) is 0 Å². The molecule has 1 aliphatic rings. The van der Waals surface area contributed by atoms with Gasteiger partial charge in [0.2, 0.25) is 0 Å². The molecule has 0 aliphatic carbocycles. The van der Waals surface area contributed by atoms with Crippen molar-refractivity contribution in [3.05, 3.63) is 29.6 Å². The Morgan fingerprint density at radius 1 is 1.50 bits per heavy atom. The fourth-order valence-corrected chi connectivity index (χ4v) is 2.12. The third-order valence-corrected chi connectivity index (χ3v) is 3.04. The Labute approximate surface area is 104 Å². The van der Waals surface area contributed by atoms with Crippen molar-refractivity contribution in [3.8, 4) is 0 Å². The van der Waals surface area contributed by atoms with E-state index in [-0.39, 0.29) is 18.7 Å². The van der Waals surface area contributed by atoms with E-state index in [9.17, 15) is 14.7 Å². The zero-order chi connectivity index (χ0) is 13.3. The molecule has 0 unspecified atom stereocenters. The summed E-state index contributed by atoms with van der Waals surface area (Å²) in [4.78, 5) is 28.4. The molecule has 1 aliphatic heterocycles. The quantitative estimate of drug-likeness (QED) is 0.774. The molecule has 18 heavy (non-hydrogen) atoms. The molecular weight excluding hydrogens is 236 g/mol. The third-order valence-electron chi connectivity index (χ3n) is 3.04. The molecule has 1 fully saturated rings. The van der Waals surface area contributed by atoms with E-state index in [1.807, 2.05) is 0 Å². The molecule has 2 rings (SSSR count). The number of carbonyl (C=O) groups is 2. The molecule has 0 spiro atoms. The zero-order valence-electron chi connectivity index (χ0n) is 9.91. The molecule has 0 saturated carbocycles. The second-order valence-corrected chi connectivity index (χ2v) is 4.37. The summed E-state index contributed by atoms with van der Waals surface area (Å²) in [7, 11) is 0. The number of hydrogen-bond acceptors (Lipinski definition) is 4. The van der Waals surface area contributed by atoms with E-state index in [0.717, 1.165) is 0 Å². The van der Waals surface area contributed by atoms with E-state index in [0.29, 0.717) is 5.56 Å². The summed E-state index contributed by atoms with van der Waals surface area (Å²) in [5.41, 5.74) is 0.922. The normalized spacial score (nSPS) is 23.1. The number of β-amino-alcohol motifs (C(OH)–C–C–N with tert-alkyl or cyclic N) is 1. The van der Waals surface area contributed by atoms with Gasteiger partial charge in [-0.2, -0.15) is 0 Å². The van der Waals surface area contributed by atoms with E-state index in [1.54, 1.807) is 19.1 Å². The van der Waals surface area contributed by atoms with Crippen molar-refractivity contribution in [1.82, 2.24) is 9.88 Å². The number of aliphatic carboxylic acids is 1.